The van der Waals surface area contributed by atoms with Gasteiger partial charge in [-0.3, -0.25) is 4.79 Å². The second-order valence-electron chi connectivity index (χ2n) is 7.12. The Morgan fingerprint density at radius 2 is 2.04 bits per heavy atom. The summed E-state index contributed by atoms with van der Waals surface area (Å²) in [6, 6.07) is 9.42. The molecule has 0 atom stereocenters. The van der Waals surface area contributed by atoms with Gasteiger partial charge in [-0.1, -0.05) is 19.1 Å². The lowest BCUT2D eigenvalue weighted by Gasteiger charge is -2.42. The highest BCUT2D eigenvalue weighted by Crippen LogP contribution is 2.36. The Labute approximate surface area is 138 Å². The number of rotatable bonds is 4. The maximum atomic E-state index is 13.0. The van der Waals surface area contributed by atoms with Crippen LogP contribution >= 0.6 is 0 Å². The van der Waals surface area contributed by atoms with Crippen molar-refractivity contribution in [2.24, 2.45) is 5.41 Å². The molecular weight excluding hydrogens is 288 g/mol. The molecule has 1 N–H and O–H groups in total. The van der Waals surface area contributed by atoms with Crippen molar-refractivity contribution < 1.29 is 9.90 Å². The summed E-state index contributed by atoms with van der Waals surface area (Å²) in [6.07, 6.45) is 2.64. The van der Waals surface area contributed by atoms with Crippen LogP contribution in [-0.4, -0.2) is 35.6 Å². The standard InChI is InChI=1S/C19H26N2O2/c1-4-19(14-22)8-10-21(11-9-19)17(23)18(2,3)16-7-5-6-15(12-16)13-20/h5-7,12,22H,4,8-11,14H2,1-3H3. The quantitative estimate of drug-likeness (QED) is 0.929. The molecule has 4 heteroatoms. The van der Waals surface area contributed by atoms with Gasteiger partial charge in [-0.25, -0.2) is 0 Å². The van der Waals surface area contributed by atoms with Gasteiger partial charge in [-0.15, -0.1) is 0 Å². The van der Waals surface area contributed by atoms with Crippen molar-refractivity contribution in [3.05, 3.63) is 35.4 Å². The van der Waals surface area contributed by atoms with E-state index in [0.29, 0.717) is 18.7 Å². The molecule has 0 bridgehead atoms. The minimum atomic E-state index is -0.654. The molecule has 0 radical (unpaired) electrons. The maximum Gasteiger partial charge on any atom is 0.232 e. The number of aliphatic hydroxyl groups is 1. The Hall–Kier alpha value is -1.86. The first kappa shape index (κ1) is 17.5. The average molecular weight is 314 g/mol. The van der Waals surface area contributed by atoms with Gasteiger partial charge in [-0.2, -0.15) is 5.26 Å². The van der Waals surface area contributed by atoms with Crippen LogP contribution in [0.25, 0.3) is 0 Å². The number of amides is 1. The van der Waals surface area contributed by atoms with Gasteiger partial charge in [0, 0.05) is 19.7 Å². The number of nitrogens with zero attached hydrogens (tertiary/aromatic N) is 2. The number of aliphatic hydroxyl groups excluding tert-OH is 1. The summed E-state index contributed by atoms with van der Waals surface area (Å²) in [5.41, 5.74) is 0.767. The molecule has 1 aliphatic heterocycles. The topological polar surface area (TPSA) is 64.3 Å². The predicted octanol–water partition coefficient (Wildman–Crippen LogP) is 2.85. The Morgan fingerprint density at radius 1 is 1.39 bits per heavy atom. The van der Waals surface area contributed by atoms with E-state index in [1.165, 1.54) is 0 Å². The van der Waals surface area contributed by atoms with Gasteiger partial charge in [0.25, 0.3) is 0 Å². The van der Waals surface area contributed by atoms with Gasteiger partial charge in [0.15, 0.2) is 0 Å². The normalized spacial score (nSPS) is 17.6. The predicted molar refractivity (Wildman–Crippen MR) is 89.8 cm³/mol. The molecule has 1 aromatic rings. The third-order valence-corrected chi connectivity index (χ3v) is 5.44. The van der Waals surface area contributed by atoms with Crippen LogP contribution in [0.3, 0.4) is 0 Å². The van der Waals surface area contributed by atoms with E-state index in [1.54, 1.807) is 12.1 Å². The van der Waals surface area contributed by atoms with Gasteiger partial charge in [-0.05, 0) is 56.2 Å². The van der Waals surface area contributed by atoms with E-state index in [0.717, 1.165) is 24.8 Å². The van der Waals surface area contributed by atoms with Crippen molar-refractivity contribution in [3.8, 4) is 6.07 Å². The number of likely N-dealkylation sites (tertiary alicyclic amines) is 1. The number of hydrogen-bond acceptors (Lipinski definition) is 3. The average Bonchev–Trinajstić information content (AvgIpc) is 2.61. The fourth-order valence-corrected chi connectivity index (χ4v) is 3.30. The SMILES string of the molecule is CCC1(CO)CCN(C(=O)C(C)(C)c2cccc(C#N)c2)CC1. The number of nitriles is 1. The summed E-state index contributed by atoms with van der Waals surface area (Å²) in [5.74, 6) is 0.0928. The van der Waals surface area contributed by atoms with Crippen molar-refractivity contribution in [1.29, 1.82) is 5.26 Å². The maximum absolute atomic E-state index is 13.0. The fraction of sp³-hybridized carbons (Fsp3) is 0.579. The van der Waals surface area contributed by atoms with E-state index < -0.39 is 5.41 Å². The summed E-state index contributed by atoms with van der Waals surface area (Å²) in [5, 5.41) is 18.7. The van der Waals surface area contributed by atoms with Gasteiger partial charge in [0.1, 0.15) is 0 Å². The van der Waals surface area contributed by atoms with Crippen molar-refractivity contribution >= 4 is 5.91 Å². The molecule has 2 rings (SSSR count). The zero-order chi connectivity index (χ0) is 17.1. The van der Waals surface area contributed by atoms with E-state index in [4.69, 9.17) is 5.26 Å². The lowest BCUT2D eigenvalue weighted by Crippen LogP contribution is -2.50. The van der Waals surface area contributed by atoms with Crippen LogP contribution in [0.5, 0.6) is 0 Å². The van der Waals surface area contributed by atoms with Crippen LogP contribution in [0.2, 0.25) is 0 Å². The fourth-order valence-electron chi connectivity index (χ4n) is 3.30. The summed E-state index contributed by atoms with van der Waals surface area (Å²) in [7, 11) is 0. The minimum Gasteiger partial charge on any atom is -0.396 e. The first-order valence-corrected chi connectivity index (χ1v) is 8.29. The van der Waals surface area contributed by atoms with E-state index in [9.17, 15) is 9.90 Å². The molecule has 1 heterocycles. The van der Waals surface area contributed by atoms with Gasteiger partial charge in [0.2, 0.25) is 5.91 Å². The summed E-state index contributed by atoms with van der Waals surface area (Å²) in [4.78, 5) is 14.9. The molecule has 1 amide bonds. The molecule has 0 spiro atoms. The highest BCUT2D eigenvalue weighted by molar-refractivity contribution is 5.87. The van der Waals surface area contributed by atoms with Crippen LogP contribution < -0.4 is 0 Å². The molecule has 1 aliphatic rings. The van der Waals surface area contributed by atoms with Crippen molar-refractivity contribution in [2.45, 2.75) is 45.4 Å². The molecule has 0 aromatic heterocycles. The van der Waals surface area contributed by atoms with Crippen molar-refractivity contribution in [2.75, 3.05) is 19.7 Å². The first-order chi connectivity index (χ1) is 10.9. The molecule has 0 unspecified atom stereocenters. The van der Waals surface area contributed by atoms with Gasteiger partial charge in [0.05, 0.1) is 17.0 Å². The number of benzene rings is 1. The monoisotopic (exact) mass is 314 g/mol. The Morgan fingerprint density at radius 3 is 2.57 bits per heavy atom. The van der Waals surface area contributed by atoms with E-state index in [2.05, 4.69) is 13.0 Å². The third kappa shape index (κ3) is 3.40. The molecule has 1 aromatic carbocycles. The Balaban J connectivity index is 2.15. The van der Waals surface area contributed by atoms with Crippen LogP contribution in [0.1, 0.15) is 51.2 Å². The van der Waals surface area contributed by atoms with E-state index >= 15 is 0 Å². The number of hydrogen-bond donors (Lipinski definition) is 1. The molecule has 0 aliphatic carbocycles. The molecular formula is C19H26N2O2. The Bertz CT molecular complexity index is 602. The van der Waals surface area contributed by atoms with Crippen LogP contribution in [0.15, 0.2) is 24.3 Å². The smallest absolute Gasteiger partial charge is 0.232 e. The first-order valence-electron chi connectivity index (χ1n) is 8.29. The highest BCUT2D eigenvalue weighted by Gasteiger charge is 2.39. The highest BCUT2D eigenvalue weighted by atomic mass is 16.3. The van der Waals surface area contributed by atoms with Gasteiger partial charge >= 0.3 is 0 Å². The molecule has 1 saturated heterocycles. The molecule has 1 fully saturated rings. The van der Waals surface area contributed by atoms with E-state index in [-0.39, 0.29) is 17.9 Å². The third-order valence-electron chi connectivity index (χ3n) is 5.44. The number of carbonyl (C=O) groups is 1. The summed E-state index contributed by atoms with van der Waals surface area (Å²) < 4.78 is 0. The lowest BCUT2D eigenvalue weighted by molar-refractivity contribution is -0.139. The van der Waals surface area contributed by atoms with Crippen molar-refractivity contribution in [1.82, 2.24) is 4.90 Å². The molecule has 0 saturated carbocycles. The number of piperidine rings is 1. The van der Waals surface area contributed by atoms with Crippen molar-refractivity contribution in [3.63, 3.8) is 0 Å². The van der Waals surface area contributed by atoms with E-state index in [1.807, 2.05) is 30.9 Å². The van der Waals surface area contributed by atoms with Crippen LogP contribution in [0, 0.1) is 16.7 Å². The Kier molecular flexibility index (Phi) is 5.11. The molecule has 124 valence electrons. The molecule has 23 heavy (non-hydrogen) atoms. The largest absolute Gasteiger partial charge is 0.396 e. The summed E-state index contributed by atoms with van der Waals surface area (Å²) in [6.45, 7) is 7.51. The lowest BCUT2D eigenvalue weighted by atomic mass is 9.75. The zero-order valence-corrected chi connectivity index (χ0v) is 14.3. The molecule has 4 nitrogen and oxygen atoms in total. The zero-order valence-electron chi connectivity index (χ0n) is 14.3. The minimum absolute atomic E-state index is 0.0261. The second-order valence-corrected chi connectivity index (χ2v) is 7.12. The van der Waals surface area contributed by atoms with Gasteiger partial charge < -0.3 is 10.0 Å². The van der Waals surface area contributed by atoms with Crippen LogP contribution in [-0.2, 0) is 10.2 Å². The second kappa shape index (κ2) is 6.72. The van der Waals surface area contributed by atoms with Crippen LogP contribution in [0.4, 0.5) is 0 Å². The summed E-state index contributed by atoms with van der Waals surface area (Å²) >= 11 is 0. The number of carbonyl (C=O) groups excluding carboxylic acids is 1.